The van der Waals surface area contributed by atoms with Crippen LogP contribution in [0.5, 0.6) is 0 Å². The fourth-order valence-electron chi connectivity index (χ4n) is 2.46. The third kappa shape index (κ3) is 2.92. The van der Waals surface area contributed by atoms with Gasteiger partial charge in [0.25, 0.3) is 0 Å². The maximum absolute atomic E-state index is 12.3. The number of hydrogen-bond donors (Lipinski definition) is 0. The molecule has 0 heterocycles. The largest absolute Gasteiger partial charge is 0.298 e. The third-order valence-electron chi connectivity index (χ3n) is 3.34. The Bertz CT molecular complexity index is 523. The van der Waals surface area contributed by atoms with Gasteiger partial charge in [0.1, 0.15) is 5.92 Å². The number of halogens is 1. The van der Waals surface area contributed by atoms with Crippen molar-refractivity contribution >= 4 is 29.0 Å². The van der Waals surface area contributed by atoms with Gasteiger partial charge in [0.2, 0.25) is 0 Å². The van der Waals surface area contributed by atoms with Gasteiger partial charge in [-0.3, -0.25) is 14.4 Å². The number of Topliss-reactive ketones (excluding diaryl/α,β-unsaturated/α-hetero) is 3. The molecule has 0 amide bonds. The molecule has 0 radical (unpaired) electrons. The Morgan fingerprint density at radius 1 is 1.11 bits per heavy atom. The van der Waals surface area contributed by atoms with E-state index in [2.05, 4.69) is 0 Å². The Kier molecular flexibility index (Phi) is 3.59. The molecule has 0 bridgehead atoms. The van der Waals surface area contributed by atoms with Crippen LogP contribution in [0.2, 0.25) is 5.02 Å². The zero-order chi connectivity index (χ0) is 14.2. The van der Waals surface area contributed by atoms with Crippen LogP contribution in [0.4, 0.5) is 0 Å². The Labute approximate surface area is 116 Å². The Hall–Kier alpha value is -1.48. The second kappa shape index (κ2) is 4.89. The molecule has 0 N–H and O–H groups in total. The maximum Gasteiger partial charge on any atom is 0.180 e. The molecule has 2 rings (SSSR count). The molecule has 1 saturated carbocycles. The average Bonchev–Trinajstić information content (AvgIpc) is 2.26. The summed E-state index contributed by atoms with van der Waals surface area (Å²) in [5.41, 5.74) is 0.0149. The topological polar surface area (TPSA) is 51.2 Å². The van der Waals surface area contributed by atoms with Gasteiger partial charge in [-0.05, 0) is 29.7 Å². The van der Waals surface area contributed by atoms with Crippen molar-refractivity contribution in [2.45, 2.75) is 26.7 Å². The average molecular weight is 279 g/mol. The van der Waals surface area contributed by atoms with Crippen LogP contribution in [0.3, 0.4) is 0 Å². The minimum Gasteiger partial charge on any atom is -0.298 e. The summed E-state index contributed by atoms with van der Waals surface area (Å²) >= 11 is 5.75. The van der Waals surface area contributed by atoms with E-state index in [-0.39, 0.29) is 29.8 Å². The first kappa shape index (κ1) is 13.9. The van der Waals surface area contributed by atoms with E-state index in [1.54, 1.807) is 24.3 Å². The highest BCUT2D eigenvalue weighted by atomic mass is 35.5. The minimum atomic E-state index is -1.13. The van der Waals surface area contributed by atoms with Crippen molar-refractivity contribution in [1.82, 2.24) is 0 Å². The molecule has 0 atom stereocenters. The molecule has 100 valence electrons. The molecule has 4 heteroatoms. The van der Waals surface area contributed by atoms with Gasteiger partial charge in [-0.15, -0.1) is 0 Å². The van der Waals surface area contributed by atoms with Crippen LogP contribution in [0.25, 0.3) is 0 Å². The summed E-state index contributed by atoms with van der Waals surface area (Å²) < 4.78 is 0. The normalized spacial score (nSPS) is 19.5. The molecular formula is C15H15ClO3. The van der Waals surface area contributed by atoms with E-state index >= 15 is 0 Å². The predicted molar refractivity (Wildman–Crippen MR) is 72.3 cm³/mol. The Morgan fingerprint density at radius 3 is 2.05 bits per heavy atom. The van der Waals surface area contributed by atoms with E-state index in [4.69, 9.17) is 11.6 Å². The summed E-state index contributed by atoms with van der Waals surface area (Å²) in [5, 5.41) is 0.513. The number of carbonyl (C=O) groups is 3. The lowest BCUT2D eigenvalue weighted by atomic mass is 9.70. The van der Waals surface area contributed by atoms with Gasteiger partial charge in [0, 0.05) is 23.4 Å². The summed E-state index contributed by atoms with van der Waals surface area (Å²) in [4.78, 5) is 36.3. The van der Waals surface area contributed by atoms with Crippen molar-refractivity contribution in [3.63, 3.8) is 0 Å². The quantitative estimate of drug-likeness (QED) is 0.617. The molecule has 1 aliphatic carbocycles. The summed E-state index contributed by atoms with van der Waals surface area (Å²) in [6.45, 7) is 3.73. The second-order valence-corrected chi connectivity index (χ2v) is 6.19. The van der Waals surface area contributed by atoms with E-state index < -0.39 is 11.7 Å². The van der Waals surface area contributed by atoms with Crippen LogP contribution >= 0.6 is 11.6 Å². The molecule has 0 spiro atoms. The molecule has 1 aromatic rings. The summed E-state index contributed by atoms with van der Waals surface area (Å²) in [7, 11) is 0. The smallest absolute Gasteiger partial charge is 0.180 e. The van der Waals surface area contributed by atoms with Crippen molar-refractivity contribution < 1.29 is 14.4 Å². The SMILES string of the molecule is CC1(C)CC(=O)C(C(=O)c2ccc(Cl)cc2)C(=O)C1. The first-order valence-corrected chi connectivity index (χ1v) is 6.53. The monoisotopic (exact) mass is 278 g/mol. The van der Waals surface area contributed by atoms with Crippen LogP contribution in [0.1, 0.15) is 37.0 Å². The van der Waals surface area contributed by atoms with Crippen molar-refractivity contribution in [3.8, 4) is 0 Å². The molecule has 19 heavy (non-hydrogen) atoms. The summed E-state index contributed by atoms with van der Waals surface area (Å²) in [5.74, 6) is -2.10. The molecule has 0 aliphatic heterocycles. The van der Waals surface area contributed by atoms with Crippen molar-refractivity contribution in [3.05, 3.63) is 34.9 Å². The number of hydrogen-bond acceptors (Lipinski definition) is 3. The molecule has 0 saturated heterocycles. The number of benzene rings is 1. The fourth-order valence-corrected chi connectivity index (χ4v) is 2.59. The second-order valence-electron chi connectivity index (χ2n) is 5.75. The first-order valence-electron chi connectivity index (χ1n) is 6.15. The lowest BCUT2D eigenvalue weighted by molar-refractivity contribution is -0.137. The van der Waals surface area contributed by atoms with Crippen LogP contribution in [0.15, 0.2) is 24.3 Å². The van der Waals surface area contributed by atoms with Gasteiger partial charge >= 0.3 is 0 Å². The van der Waals surface area contributed by atoms with Gasteiger partial charge in [-0.1, -0.05) is 25.4 Å². The van der Waals surface area contributed by atoms with Gasteiger partial charge < -0.3 is 0 Å². The molecule has 1 aliphatic rings. The summed E-state index contributed by atoms with van der Waals surface area (Å²) in [6.07, 6.45) is 0.533. The van der Waals surface area contributed by atoms with Gasteiger partial charge in [0.05, 0.1) is 0 Å². The van der Waals surface area contributed by atoms with Crippen LogP contribution in [-0.2, 0) is 9.59 Å². The van der Waals surface area contributed by atoms with Gasteiger partial charge in [-0.2, -0.15) is 0 Å². The first-order chi connectivity index (χ1) is 8.80. The molecule has 1 aromatic carbocycles. The summed E-state index contributed by atoms with van der Waals surface area (Å²) in [6, 6.07) is 6.25. The van der Waals surface area contributed by atoms with Gasteiger partial charge in [-0.25, -0.2) is 0 Å². The number of ketones is 3. The van der Waals surface area contributed by atoms with E-state index in [9.17, 15) is 14.4 Å². The third-order valence-corrected chi connectivity index (χ3v) is 3.59. The maximum atomic E-state index is 12.3. The standard InChI is InChI=1S/C15H15ClO3/c1-15(2)7-11(17)13(12(18)8-15)14(19)9-3-5-10(16)6-4-9/h3-6,13H,7-8H2,1-2H3. The highest BCUT2D eigenvalue weighted by Gasteiger charge is 2.43. The van der Waals surface area contributed by atoms with Crippen molar-refractivity contribution in [2.75, 3.05) is 0 Å². The van der Waals surface area contributed by atoms with E-state index in [1.165, 1.54) is 0 Å². The van der Waals surface area contributed by atoms with E-state index in [0.717, 1.165) is 0 Å². The zero-order valence-corrected chi connectivity index (χ0v) is 11.7. The lowest BCUT2D eigenvalue weighted by Crippen LogP contribution is -2.41. The van der Waals surface area contributed by atoms with Crippen LogP contribution in [0, 0.1) is 11.3 Å². The fraction of sp³-hybridized carbons (Fsp3) is 0.400. The Morgan fingerprint density at radius 2 is 1.58 bits per heavy atom. The Balaban J connectivity index is 2.26. The molecule has 1 fully saturated rings. The number of carbonyl (C=O) groups excluding carboxylic acids is 3. The molecule has 0 unspecified atom stereocenters. The predicted octanol–water partition coefficient (Wildman–Crippen LogP) is 3.10. The highest BCUT2D eigenvalue weighted by Crippen LogP contribution is 2.35. The molecule has 3 nitrogen and oxygen atoms in total. The van der Waals surface area contributed by atoms with Crippen LogP contribution in [-0.4, -0.2) is 17.3 Å². The van der Waals surface area contributed by atoms with Crippen molar-refractivity contribution in [2.24, 2.45) is 11.3 Å². The van der Waals surface area contributed by atoms with E-state index in [0.29, 0.717) is 10.6 Å². The van der Waals surface area contributed by atoms with Crippen LogP contribution < -0.4 is 0 Å². The number of rotatable bonds is 2. The highest BCUT2D eigenvalue weighted by molar-refractivity contribution is 6.31. The zero-order valence-electron chi connectivity index (χ0n) is 10.9. The molecular weight excluding hydrogens is 264 g/mol. The minimum absolute atomic E-state index is 0.267. The molecule has 0 aromatic heterocycles. The van der Waals surface area contributed by atoms with E-state index in [1.807, 2.05) is 13.8 Å². The lowest BCUT2D eigenvalue weighted by Gasteiger charge is -2.31. The van der Waals surface area contributed by atoms with Crippen molar-refractivity contribution in [1.29, 1.82) is 0 Å². The van der Waals surface area contributed by atoms with Gasteiger partial charge in [0.15, 0.2) is 17.3 Å².